The molecule has 0 bridgehead atoms. The molecular formula is C26H30BrN7O4S. The third-order valence-corrected chi connectivity index (χ3v) is 9.64. The number of benzene rings is 1. The number of aromatic nitrogens is 4. The number of rotatable bonds is 6. The average Bonchev–Trinajstić information content (AvgIpc) is 3.68. The average molecular weight is 617 g/mol. The van der Waals surface area contributed by atoms with E-state index < -0.39 is 0 Å². The van der Waals surface area contributed by atoms with Crippen LogP contribution in [-0.4, -0.2) is 73.6 Å². The number of aromatic amines is 1. The zero-order chi connectivity index (χ0) is 27.1. The van der Waals surface area contributed by atoms with Crippen LogP contribution in [0, 0.1) is 11.3 Å². The standard InChI is InChI=1S/C26H30BrN7O4S/c1-15(35)34-7-2-3-18(34)25(36)32-8-4-16(5-9-32)6-10-33-13-29-23(28)22-24(33)31-26(30-22)39-21-12-20-19(11-17(21)27)37-14-38-20/h11-13,16,18,28H,2-10,14H2,1H3,(H,30,31). The van der Waals surface area contributed by atoms with E-state index in [0.29, 0.717) is 40.3 Å². The minimum absolute atomic E-state index is 0.0140. The highest BCUT2D eigenvalue weighted by Crippen LogP contribution is 2.42. The van der Waals surface area contributed by atoms with Crippen molar-refractivity contribution in [2.24, 2.45) is 5.92 Å². The maximum Gasteiger partial charge on any atom is 0.245 e. The van der Waals surface area contributed by atoms with Crippen LogP contribution < -0.4 is 15.0 Å². The van der Waals surface area contributed by atoms with E-state index in [1.807, 2.05) is 21.6 Å². The van der Waals surface area contributed by atoms with Gasteiger partial charge in [0.05, 0.1) is 6.33 Å². The van der Waals surface area contributed by atoms with Crippen molar-refractivity contribution < 1.29 is 19.1 Å². The number of piperidine rings is 1. The number of halogens is 1. The van der Waals surface area contributed by atoms with Gasteiger partial charge in [-0.25, -0.2) is 9.97 Å². The first-order valence-electron chi connectivity index (χ1n) is 13.2. The molecule has 1 atom stereocenters. The Morgan fingerprint density at radius 1 is 1.18 bits per heavy atom. The van der Waals surface area contributed by atoms with Crippen molar-refractivity contribution in [3.05, 3.63) is 28.4 Å². The molecule has 0 aliphatic carbocycles. The van der Waals surface area contributed by atoms with Crippen molar-refractivity contribution in [2.45, 2.75) is 61.7 Å². The van der Waals surface area contributed by atoms with Gasteiger partial charge in [-0.15, -0.1) is 0 Å². The van der Waals surface area contributed by atoms with E-state index in [1.165, 1.54) is 11.8 Å². The Balaban J connectivity index is 1.10. The van der Waals surface area contributed by atoms with Crippen LogP contribution in [0.4, 0.5) is 0 Å². The van der Waals surface area contributed by atoms with Gasteiger partial charge in [-0.05, 0) is 66.1 Å². The van der Waals surface area contributed by atoms with E-state index >= 15 is 0 Å². The summed E-state index contributed by atoms with van der Waals surface area (Å²) in [6.07, 6.45) is 6.15. The van der Waals surface area contributed by atoms with Crippen LogP contribution in [0.2, 0.25) is 0 Å². The number of likely N-dealkylation sites (tertiary alicyclic amines) is 2. The maximum atomic E-state index is 13.1. The zero-order valence-electron chi connectivity index (χ0n) is 21.6. The Labute approximate surface area is 237 Å². The number of fused-ring (bicyclic) bond motifs is 2. The minimum atomic E-state index is -0.289. The van der Waals surface area contributed by atoms with Crippen molar-refractivity contribution in [1.82, 2.24) is 29.3 Å². The van der Waals surface area contributed by atoms with E-state index in [-0.39, 0.29) is 30.1 Å². The van der Waals surface area contributed by atoms with Crippen LogP contribution in [0.15, 0.2) is 33.0 Å². The maximum absolute atomic E-state index is 13.1. The molecule has 2 saturated heterocycles. The minimum Gasteiger partial charge on any atom is -0.454 e. The lowest BCUT2D eigenvalue weighted by atomic mass is 9.93. The van der Waals surface area contributed by atoms with Gasteiger partial charge in [-0.2, -0.15) is 0 Å². The van der Waals surface area contributed by atoms with Gasteiger partial charge in [0.25, 0.3) is 0 Å². The molecule has 1 aromatic carbocycles. The Morgan fingerprint density at radius 2 is 1.95 bits per heavy atom. The topological polar surface area (TPSA) is 129 Å². The Morgan fingerprint density at radius 3 is 2.72 bits per heavy atom. The predicted octanol–water partition coefficient (Wildman–Crippen LogP) is 3.52. The van der Waals surface area contributed by atoms with Gasteiger partial charge in [0.2, 0.25) is 18.6 Å². The summed E-state index contributed by atoms with van der Waals surface area (Å²) in [6.45, 7) is 4.62. The van der Waals surface area contributed by atoms with Gasteiger partial charge in [0.1, 0.15) is 11.6 Å². The summed E-state index contributed by atoms with van der Waals surface area (Å²) < 4.78 is 13.8. The normalized spacial score (nSPS) is 19.3. The third-order valence-electron chi connectivity index (χ3n) is 7.78. The van der Waals surface area contributed by atoms with E-state index in [1.54, 1.807) is 18.2 Å². The molecule has 3 aliphatic heterocycles. The molecule has 0 saturated carbocycles. The molecule has 13 heteroatoms. The fourth-order valence-electron chi connectivity index (χ4n) is 5.63. The molecule has 1 unspecified atom stereocenters. The van der Waals surface area contributed by atoms with Gasteiger partial charge < -0.3 is 28.8 Å². The summed E-state index contributed by atoms with van der Waals surface area (Å²) in [5, 5.41) is 8.95. The van der Waals surface area contributed by atoms with Gasteiger partial charge in [0.15, 0.2) is 27.8 Å². The van der Waals surface area contributed by atoms with E-state index in [9.17, 15) is 9.59 Å². The number of ether oxygens (including phenoxy) is 2. The summed E-state index contributed by atoms with van der Waals surface area (Å²) in [5.74, 6) is 1.97. The molecule has 3 aliphatic rings. The molecule has 0 radical (unpaired) electrons. The number of aryl methyl sites for hydroxylation is 1. The summed E-state index contributed by atoms with van der Waals surface area (Å²) >= 11 is 5.05. The zero-order valence-corrected chi connectivity index (χ0v) is 24.0. The van der Waals surface area contributed by atoms with E-state index in [4.69, 9.17) is 19.9 Å². The Bertz CT molecular complexity index is 1480. The molecule has 2 N–H and O–H groups in total. The van der Waals surface area contributed by atoms with Crippen LogP contribution in [0.5, 0.6) is 11.5 Å². The molecule has 2 aromatic heterocycles. The first kappa shape index (κ1) is 26.2. The molecule has 206 valence electrons. The Kier molecular flexibility index (Phi) is 7.27. The number of hydrogen-bond acceptors (Lipinski definition) is 8. The van der Waals surface area contributed by atoms with Crippen LogP contribution in [0.3, 0.4) is 0 Å². The summed E-state index contributed by atoms with van der Waals surface area (Å²) in [4.78, 5) is 41.9. The van der Waals surface area contributed by atoms with Crippen LogP contribution in [-0.2, 0) is 16.1 Å². The highest BCUT2D eigenvalue weighted by atomic mass is 79.9. The molecule has 0 spiro atoms. The second-order valence-corrected chi connectivity index (χ2v) is 12.1. The fraction of sp³-hybridized carbons (Fsp3) is 0.500. The van der Waals surface area contributed by atoms with Crippen molar-refractivity contribution in [3.8, 4) is 11.5 Å². The monoisotopic (exact) mass is 615 g/mol. The molecule has 6 rings (SSSR count). The SMILES string of the molecule is CC(=O)N1CCCC1C(=O)N1CCC(CCn2cnc(=N)c3[nH]c(Sc4cc5c(cc4Br)OCO5)nc32)CC1. The van der Waals surface area contributed by atoms with Crippen LogP contribution in [0.25, 0.3) is 11.2 Å². The van der Waals surface area contributed by atoms with E-state index in [0.717, 1.165) is 61.1 Å². The quantitative estimate of drug-likeness (QED) is 0.434. The fourth-order valence-corrected chi connectivity index (χ4v) is 7.01. The first-order valence-corrected chi connectivity index (χ1v) is 14.8. The summed E-state index contributed by atoms with van der Waals surface area (Å²) in [7, 11) is 0. The summed E-state index contributed by atoms with van der Waals surface area (Å²) in [5.41, 5.74) is 1.46. The second-order valence-electron chi connectivity index (χ2n) is 10.2. The number of carbonyl (C=O) groups excluding carboxylic acids is 2. The number of amides is 2. The van der Waals surface area contributed by atoms with E-state index in [2.05, 4.69) is 25.9 Å². The first-order chi connectivity index (χ1) is 18.9. The van der Waals surface area contributed by atoms with Gasteiger partial charge in [-0.1, -0.05) is 11.8 Å². The largest absolute Gasteiger partial charge is 0.454 e. The number of hydrogen-bond donors (Lipinski definition) is 2. The highest BCUT2D eigenvalue weighted by Gasteiger charge is 2.36. The number of nitrogens with zero attached hydrogens (tertiary/aromatic N) is 5. The third kappa shape index (κ3) is 5.25. The van der Waals surface area contributed by atoms with Crippen LogP contribution >= 0.6 is 27.7 Å². The molecule has 11 nitrogen and oxygen atoms in total. The molecule has 5 heterocycles. The second kappa shape index (κ2) is 10.8. The lowest BCUT2D eigenvalue weighted by molar-refractivity contribution is -0.143. The molecule has 2 fully saturated rings. The van der Waals surface area contributed by atoms with Crippen molar-refractivity contribution in [3.63, 3.8) is 0 Å². The number of imidazole rings is 1. The highest BCUT2D eigenvalue weighted by molar-refractivity contribution is 9.10. The lowest BCUT2D eigenvalue weighted by Crippen LogP contribution is -2.49. The summed E-state index contributed by atoms with van der Waals surface area (Å²) in [6, 6.07) is 3.51. The van der Waals surface area contributed by atoms with Crippen molar-refractivity contribution in [2.75, 3.05) is 26.4 Å². The number of nitrogens with one attached hydrogen (secondary N) is 2. The Hall–Kier alpha value is -3.06. The molecule has 39 heavy (non-hydrogen) atoms. The van der Waals surface area contributed by atoms with Crippen LogP contribution in [0.1, 0.15) is 39.0 Å². The number of H-pyrrole nitrogens is 1. The molecule has 2 amide bonds. The predicted molar refractivity (Wildman–Crippen MR) is 146 cm³/mol. The lowest BCUT2D eigenvalue weighted by Gasteiger charge is -2.35. The number of carbonyl (C=O) groups is 2. The van der Waals surface area contributed by atoms with Gasteiger partial charge >= 0.3 is 0 Å². The van der Waals surface area contributed by atoms with Gasteiger partial charge in [0, 0.05) is 42.5 Å². The smallest absolute Gasteiger partial charge is 0.245 e. The van der Waals surface area contributed by atoms with Crippen molar-refractivity contribution in [1.29, 1.82) is 5.41 Å². The molecule has 3 aromatic rings. The van der Waals surface area contributed by atoms with Crippen molar-refractivity contribution >= 4 is 50.7 Å². The molecular weight excluding hydrogens is 586 g/mol. The van der Waals surface area contributed by atoms with Gasteiger partial charge in [-0.3, -0.25) is 15.0 Å².